The molecule has 0 aliphatic carbocycles. The van der Waals surface area contributed by atoms with Crippen molar-refractivity contribution in [1.82, 2.24) is 10.0 Å². The highest BCUT2D eigenvalue weighted by Crippen LogP contribution is 2.25. The van der Waals surface area contributed by atoms with E-state index in [1.165, 1.54) is 12.1 Å². The van der Waals surface area contributed by atoms with Crippen molar-refractivity contribution < 1.29 is 24.0 Å². The zero-order valence-electron chi connectivity index (χ0n) is 16.2. The third kappa shape index (κ3) is 3.42. The predicted octanol–water partition coefficient (Wildman–Crippen LogP) is 4.11. The van der Waals surface area contributed by atoms with Crippen molar-refractivity contribution >= 4 is 28.7 Å². The summed E-state index contributed by atoms with van der Waals surface area (Å²) in [5.41, 5.74) is 2.24. The maximum absolute atomic E-state index is 12.6. The minimum Gasteiger partial charge on any atom is -0.489 e. The first-order valence-electron chi connectivity index (χ1n) is 9.60. The van der Waals surface area contributed by atoms with Gasteiger partial charge in [-0.1, -0.05) is 47.5 Å². The number of ether oxygens (including phenoxy) is 1. The van der Waals surface area contributed by atoms with Crippen LogP contribution in [0.15, 0.2) is 78.9 Å². The van der Waals surface area contributed by atoms with Crippen molar-refractivity contribution in [2.45, 2.75) is 6.61 Å². The van der Waals surface area contributed by atoms with Gasteiger partial charge in [0.15, 0.2) is 0 Å². The molecule has 0 unspecified atom stereocenters. The van der Waals surface area contributed by atoms with Crippen LogP contribution in [-0.2, 0) is 11.4 Å². The Balaban J connectivity index is 1.32. The highest BCUT2D eigenvalue weighted by atomic mass is 16.7. The molecule has 4 aromatic rings. The molecule has 1 aliphatic heterocycles. The first-order valence-corrected chi connectivity index (χ1v) is 9.60. The number of benzene rings is 3. The molecule has 1 N–H and O–H groups in total. The number of amides is 2. The number of imide groups is 1. The number of hydrogen-bond donors (Lipinski definition) is 1. The monoisotopic (exact) mass is 412 g/mol. The molecule has 0 radical (unpaired) electrons. The molecule has 0 spiro atoms. The molecule has 31 heavy (non-hydrogen) atoms. The highest BCUT2D eigenvalue weighted by Gasteiger charge is 2.39. The molecule has 7 heteroatoms. The normalized spacial score (nSPS) is 12.8. The predicted molar refractivity (Wildman–Crippen MR) is 111 cm³/mol. The fourth-order valence-corrected chi connectivity index (χ4v) is 3.43. The van der Waals surface area contributed by atoms with E-state index in [-0.39, 0.29) is 16.8 Å². The lowest BCUT2D eigenvalue weighted by Gasteiger charge is -2.11. The van der Waals surface area contributed by atoms with Gasteiger partial charge in [0.25, 0.3) is 11.8 Å². The lowest BCUT2D eigenvalue weighted by Crippen LogP contribution is -2.32. The molecule has 2 heterocycles. The molecule has 5 rings (SSSR count). The minimum atomic E-state index is -0.836. The Morgan fingerprint density at radius 2 is 1.52 bits per heavy atom. The number of fused-ring (bicyclic) bond motifs is 2. The van der Waals surface area contributed by atoms with Crippen LogP contribution in [0.3, 0.4) is 0 Å². The van der Waals surface area contributed by atoms with Crippen molar-refractivity contribution in [1.29, 1.82) is 0 Å². The van der Waals surface area contributed by atoms with E-state index in [0.717, 1.165) is 10.9 Å². The molecule has 0 saturated heterocycles. The van der Waals surface area contributed by atoms with Crippen LogP contribution in [0.4, 0.5) is 0 Å². The van der Waals surface area contributed by atoms with E-state index >= 15 is 0 Å². The average Bonchev–Trinajstić information content (AvgIpc) is 3.33. The number of hydrogen-bond acceptors (Lipinski definition) is 5. The number of rotatable bonds is 5. The molecular formula is C24H16N2O5. The summed E-state index contributed by atoms with van der Waals surface area (Å²) in [7, 11) is 0. The van der Waals surface area contributed by atoms with Crippen LogP contribution in [0.1, 0.15) is 36.8 Å². The standard InChI is InChI=1S/C24H16N2O5/c27-22-18-8-4-5-9-19(18)23(28)26(22)31-24(29)21-12-16-10-11-17(13-20(16)25-21)30-14-15-6-2-1-3-7-15/h1-13,25H,14H2. The number of aromatic nitrogens is 1. The molecule has 0 fully saturated rings. The van der Waals surface area contributed by atoms with Crippen LogP contribution in [0.25, 0.3) is 10.9 Å². The van der Waals surface area contributed by atoms with Crippen LogP contribution in [-0.4, -0.2) is 27.8 Å². The third-order valence-electron chi connectivity index (χ3n) is 4.99. The summed E-state index contributed by atoms with van der Waals surface area (Å²) in [5.74, 6) is -1.53. The maximum atomic E-state index is 12.6. The van der Waals surface area contributed by atoms with Gasteiger partial charge in [0.2, 0.25) is 0 Å². The van der Waals surface area contributed by atoms with Gasteiger partial charge in [0, 0.05) is 17.0 Å². The number of aromatic amines is 1. The van der Waals surface area contributed by atoms with Crippen LogP contribution in [0.2, 0.25) is 0 Å². The molecule has 0 bridgehead atoms. The van der Waals surface area contributed by atoms with Gasteiger partial charge in [-0.05, 0) is 35.9 Å². The lowest BCUT2D eigenvalue weighted by atomic mass is 10.1. The second kappa shape index (κ2) is 7.46. The highest BCUT2D eigenvalue weighted by molar-refractivity contribution is 6.21. The molecule has 1 aliphatic rings. The quantitative estimate of drug-likeness (QED) is 0.498. The molecule has 2 amide bonds. The van der Waals surface area contributed by atoms with E-state index in [2.05, 4.69) is 4.98 Å². The summed E-state index contributed by atoms with van der Waals surface area (Å²) >= 11 is 0. The Morgan fingerprint density at radius 3 is 2.23 bits per heavy atom. The fraction of sp³-hybridized carbons (Fsp3) is 0.0417. The molecule has 7 nitrogen and oxygen atoms in total. The number of nitrogens with zero attached hydrogens (tertiary/aromatic N) is 1. The van der Waals surface area contributed by atoms with Crippen LogP contribution < -0.4 is 4.74 Å². The summed E-state index contributed by atoms with van der Waals surface area (Å²) < 4.78 is 5.81. The maximum Gasteiger partial charge on any atom is 0.380 e. The average molecular weight is 412 g/mol. The van der Waals surface area contributed by atoms with Crippen molar-refractivity contribution in [3.63, 3.8) is 0 Å². The van der Waals surface area contributed by atoms with E-state index < -0.39 is 17.8 Å². The van der Waals surface area contributed by atoms with Crippen LogP contribution >= 0.6 is 0 Å². The van der Waals surface area contributed by atoms with E-state index in [1.54, 1.807) is 30.3 Å². The molecule has 0 atom stereocenters. The van der Waals surface area contributed by atoms with E-state index in [1.807, 2.05) is 36.4 Å². The Morgan fingerprint density at radius 1 is 0.839 bits per heavy atom. The Hall–Kier alpha value is -4.39. The summed E-state index contributed by atoms with van der Waals surface area (Å²) in [4.78, 5) is 45.4. The van der Waals surface area contributed by atoms with Crippen molar-refractivity contribution in [3.8, 4) is 5.75 Å². The number of carbonyl (C=O) groups excluding carboxylic acids is 3. The third-order valence-corrected chi connectivity index (χ3v) is 4.99. The van der Waals surface area contributed by atoms with Gasteiger partial charge in [-0.15, -0.1) is 0 Å². The number of H-pyrrole nitrogens is 1. The zero-order valence-corrected chi connectivity index (χ0v) is 16.2. The zero-order chi connectivity index (χ0) is 21.4. The van der Waals surface area contributed by atoms with Crippen molar-refractivity contribution in [2.24, 2.45) is 0 Å². The second-order valence-electron chi connectivity index (χ2n) is 7.04. The summed E-state index contributed by atoms with van der Waals surface area (Å²) in [6, 6.07) is 23.1. The molecular weight excluding hydrogens is 396 g/mol. The van der Waals surface area contributed by atoms with Crippen molar-refractivity contribution in [2.75, 3.05) is 0 Å². The van der Waals surface area contributed by atoms with Gasteiger partial charge in [-0.25, -0.2) is 4.79 Å². The summed E-state index contributed by atoms with van der Waals surface area (Å²) in [6.45, 7) is 0.418. The Labute approximate surface area is 176 Å². The summed E-state index contributed by atoms with van der Waals surface area (Å²) in [6.07, 6.45) is 0. The molecule has 152 valence electrons. The van der Waals surface area contributed by atoms with Gasteiger partial charge in [-0.3, -0.25) is 9.59 Å². The van der Waals surface area contributed by atoms with E-state index in [9.17, 15) is 14.4 Å². The SMILES string of the molecule is O=C(ON1C(=O)c2ccccc2C1=O)c1cc2ccc(OCc3ccccc3)cc2[nH]1. The van der Waals surface area contributed by atoms with Crippen molar-refractivity contribution in [3.05, 3.63) is 101 Å². The van der Waals surface area contributed by atoms with Crippen LogP contribution in [0, 0.1) is 0 Å². The van der Waals surface area contributed by atoms with E-state index in [4.69, 9.17) is 9.57 Å². The first kappa shape index (κ1) is 18.6. The number of nitrogens with one attached hydrogen (secondary N) is 1. The summed E-state index contributed by atoms with van der Waals surface area (Å²) in [5, 5.41) is 1.26. The van der Waals surface area contributed by atoms with E-state index in [0.29, 0.717) is 22.9 Å². The Kier molecular flexibility index (Phi) is 4.48. The fourth-order valence-electron chi connectivity index (χ4n) is 3.43. The molecule has 0 saturated carbocycles. The minimum absolute atomic E-state index is 0.117. The van der Waals surface area contributed by atoms with Gasteiger partial charge in [0.05, 0.1) is 11.1 Å². The Bertz CT molecular complexity index is 1290. The smallest absolute Gasteiger partial charge is 0.380 e. The topological polar surface area (TPSA) is 88.7 Å². The van der Waals surface area contributed by atoms with Gasteiger partial charge in [0.1, 0.15) is 18.1 Å². The number of hydroxylamine groups is 2. The van der Waals surface area contributed by atoms with Gasteiger partial charge < -0.3 is 14.6 Å². The molecule has 3 aromatic carbocycles. The van der Waals surface area contributed by atoms with Gasteiger partial charge in [-0.2, -0.15) is 0 Å². The second-order valence-corrected chi connectivity index (χ2v) is 7.04. The van der Waals surface area contributed by atoms with Crippen LogP contribution in [0.5, 0.6) is 5.75 Å². The lowest BCUT2D eigenvalue weighted by molar-refractivity contribution is -0.0587. The molecule has 1 aromatic heterocycles. The van der Waals surface area contributed by atoms with Gasteiger partial charge >= 0.3 is 5.97 Å². The number of carbonyl (C=O) groups is 3. The largest absolute Gasteiger partial charge is 0.489 e. The first-order chi connectivity index (χ1) is 15.1.